The smallest absolute Gasteiger partial charge is 0.306 e. The number of hydrogen-bond donors (Lipinski definition) is 0. The molecule has 0 saturated carbocycles. The van der Waals surface area contributed by atoms with E-state index < -0.39 is 6.10 Å². The van der Waals surface area contributed by atoms with Gasteiger partial charge in [-0.2, -0.15) is 0 Å². The van der Waals surface area contributed by atoms with Crippen molar-refractivity contribution in [2.24, 2.45) is 0 Å². The monoisotopic (exact) mass is 1080 g/mol. The summed E-state index contributed by atoms with van der Waals surface area (Å²) < 4.78 is 16.9. The Hall–Kier alpha value is -2.89. The molecule has 1 atom stereocenters. The molecular formula is C71H128O6. The zero-order valence-corrected chi connectivity index (χ0v) is 51.5. The quantitative estimate of drug-likeness (QED) is 0.0261. The Bertz CT molecular complexity index is 1380. The van der Waals surface area contributed by atoms with Gasteiger partial charge in [0, 0.05) is 19.3 Å². The van der Waals surface area contributed by atoms with E-state index in [1.165, 1.54) is 225 Å². The van der Waals surface area contributed by atoms with Crippen LogP contribution in [-0.4, -0.2) is 37.2 Å². The fraction of sp³-hybridized carbons (Fsp3) is 0.817. The van der Waals surface area contributed by atoms with E-state index >= 15 is 0 Å². The van der Waals surface area contributed by atoms with Gasteiger partial charge in [0.25, 0.3) is 0 Å². The molecular weight excluding hydrogens is 949 g/mol. The third-order valence-electron chi connectivity index (χ3n) is 15.0. The molecule has 0 fully saturated rings. The Morgan fingerprint density at radius 3 is 0.792 bits per heavy atom. The van der Waals surface area contributed by atoms with Gasteiger partial charge in [0.2, 0.25) is 0 Å². The standard InChI is InChI=1S/C71H128O6/c1-4-7-10-13-16-18-20-22-24-26-28-30-32-34-35-37-38-40-42-44-46-48-50-52-55-58-61-64-70(73)76-67-68(66-75-69(72)63-60-57-54-15-12-9-6-3)77-71(74)65-62-59-56-53-51-49-47-45-43-41-39-36-33-31-29-27-25-23-21-19-17-14-11-8-5-2/h7,10,16,18,22,24,28,30,34-35,68H,4-6,8-9,11-15,17,19-21,23,25-27,29,31-33,36-67H2,1-3H3/b10-7-,18-16-,24-22-,30-28-,35-34-. The minimum absolute atomic E-state index is 0.0705. The third-order valence-corrected chi connectivity index (χ3v) is 15.0. The lowest BCUT2D eigenvalue weighted by Crippen LogP contribution is -2.30. The SMILES string of the molecule is CC/C=C\C/C=C\C/C=C\C/C=C\C/C=C\CCCCCCCCCCCCCC(=O)OCC(COC(=O)CCCCCCCCC)OC(=O)CCCCCCCCCCCCCCCCCCCCCCCCCCC. The van der Waals surface area contributed by atoms with Crippen LogP contribution in [0.25, 0.3) is 0 Å². The number of carbonyl (C=O) groups is 3. The van der Waals surface area contributed by atoms with Crippen molar-refractivity contribution in [2.75, 3.05) is 13.2 Å². The second-order valence-corrected chi connectivity index (χ2v) is 22.7. The minimum Gasteiger partial charge on any atom is -0.462 e. The lowest BCUT2D eigenvalue weighted by Gasteiger charge is -2.18. The van der Waals surface area contributed by atoms with Crippen molar-refractivity contribution >= 4 is 17.9 Å². The Morgan fingerprint density at radius 2 is 0.506 bits per heavy atom. The van der Waals surface area contributed by atoms with Crippen LogP contribution in [0.1, 0.15) is 355 Å². The van der Waals surface area contributed by atoms with Crippen LogP contribution >= 0.6 is 0 Å². The largest absolute Gasteiger partial charge is 0.462 e. The molecule has 6 heteroatoms. The van der Waals surface area contributed by atoms with Gasteiger partial charge in [0.15, 0.2) is 6.10 Å². The number of rotatable bonds is 62. The maximum absolute atomic E-state index is 12.9. The van der Waals surface area contributed by atoms with Gasteiger partial charge >= 0.3 is 17.9 Å². The molecule has 1 unspecified atom stereocenters. The summed E-state index contributed by atoms with van der Waals surface area (Å²) in [5.74, 6) is -0.860. The van der Waals surface area contributed by atoms with Crippen LogP contribution in [0.15, 0.2) is 60.8 Å². The third kappa shape index (κ3) is 63.8. The average molecular weight is 1080 g/mol. The average Bonchev–Trinajstić information content (AvgIpc) is 3.43. The van der Waals surface area contributed by atoms with Crippen LogP contribution in [-0.2, 0) is 28.6 Å². The highest BCUT2D eigenvalue weighted by Gasteiger charge is 2.19. The van der Waals surface area contributed by atoms with E-state index in [4.69, 9.17) is 14.2 Å². The summed E-state index contributed by atoms with van der Waals surface area (Å²) >= 11 is 0. The van der Waals surface area contributed by atoms with Gasteiger partial charge in [0.1, 0.15) is 13.2 Å². The topological polar surface area (TPSA) is 78.9 Å². The number of ether oxygens (including phenoxy) is 3. The fourth-order valence-electron chi connectivity index (χ4n) is 10.0. The van der Waals surface area contributed by atoms with Gasteiger partial charge in [-0.25, -0.2) is 0 Å². The van der Waals surface area contributed by atoms with Crippen molar-refractivity contribution in [3.63, 3.8) is 0 Å². The molecule has 0 aliphatic heterocycles. The van der Waals surface area contributed by atoms with Gasteiger partial charge in [-0.15, -0.1) is 0 Å². The van der Waals surface area contributed by atoms with Gasteiger partial charge < -0.3 is 14.2 Å². The van der Waals surface area contributed by atoms with Crippen LogP contribution in [0.5, 0.6) is 0 Å². The number of carbonyl (C=O) groups excluding carboxylic acids is 3. The zero-order valence-electron chi connectivity index (χ0n) is 51.5. The molecule has 0 spiro atoms. The molecule has 448 valence electrons. The molecule has 0 heterocycles. The van der Waals surface area contributed by atoms with Crippen LogP contribution in [0.2, 0.25) is 0 Å². The van der Waals surface area contributed by atoms with Crippen molar-refractivity contribution in [1.29, 1.82) is 0 Å². The fourth-order valence-corrected chi connectivity index (χ4v) is 10.0. The van der Waals surface area contributed by atoms with Gasteiger partial charge in [-0.05, 0) is 64.2 Å². The first-order valence-corrected chi connectivity index (χ1v) is 33.8. The number of hydrogen-bond acceptors (Lipinski definition) is 6. The van der Waals surface area contributed by atoms with Crippen molar-refractivity contribution in [2.45, 2.75) is 361 Å². The van der Waals surface area contributed by atoms with Gasteiger partial charge in [-0.3, -0.25) is 14.4 Å². The molecule has 0 N–H and O–H groups in total. The summed E-state index contributed by atoms with van der Waals surface area (Å²) in [6.07, 6.45) is 84.1. The summed E-state index contributed by atoms with van der Waals surface area (Å²) in [5, 5.41) is 0. The molecule has 0 rings (SSSR count). The van der Waals surface area contributed by atoms with Crippen molar-refractivity contribution < 1.29 is 28.6 Å². The second kappa shape index (κ2) is 65.6. The Labute approximate surface area is 479 Å². The first kappa shape index (κ1) is 74.1. The van der Waals surface area contributed by atoms with Crippen molar-refractivity contribution in [3.05, 3.63) is 60.8 Å². The summed E-state index contributed by atoms with van der Waals surface area (Å²) in [4.78, 5) is 38.1. The van der Waals surface area contributed by atoms with Crippen LogP contribution in [0.4, 0.5) is 0 Å². The maximum Gasteiger partial charge on any atom is 0.306 e. The molecule has 0 aromatic carbocycles. The molecule has 0 amide bonds. The van der Waals surface area contributed by atoms with E-state index in [-0.39, 0.29) is 31.1 Å². The molecule has 0 aromatic rings. The zero-order chi connectivity index (χ0) is 55.7. The molecule has 77 heavy (non-hydrogen) atoms. The molecule has 0 radical (unpaired) electrons. The predicted octanol–water partition coefficient (Wildman–Crippen LogP) is 23.1. The first-order valence-electron chi connectivity index (χ1n) is 33.8. The van der Waals surface area contributed by atoms with Gasteiger partial charge in [0.05, 0.1) is 0 Å². The molecule has 0 aliphatic rings. The molecule has 0 bridgehead atoms. The Morgan fingerprint density at radius 1 is 0.273 bits per heavy atom. The summed E-state index contributed by atoms with van der Waals surface area (Å²) in [7, 11) is 0. The summed E-state index contributed by atoms with van der Waals surface area (Å²) in [6.45, 7) is 6.54. The predicted molar refractivity (Wildman–Crippen MR) is 335 cm³/mol. The highest BCUT2D eigenvalue weighted by atomic mass is 16.6. The molecule has 0 aromatic heterocycles. The van der Waals surface area contributed by atoms with E-state index in [0.717, 1.165) is 89.9 Å². The van der Waals surface area contributed by atoms with E-state index in [1.807, 2.05) is 0 Å². The molecule has 0 saturated heterocycles. The van der Waals surface area contributed by atoms with E-state index in [9.17, 15) is 14.4 Å². The lowest BCUT2D eigenvalue weighted by molar-refractivity contribution is -0.167. The molecule has 6 nitrogen and oxygen atoms in total. The van der Waals surface area contributed by atoms with Crippen LogP contribution in [0.3, 0.4) is 0 Å². The first-order chi connectivity index (χ1) is 38.0. The highest BCUT2D eigenvalue weighted by Crippen LogP contribution is 2.18. The van der Waals surface area contributed by atoms with Crippen LogP contribution < -0.4 is 0 Å². The molecule has 0 aliphatic carbocycles. The minimum atomic E-state index is -0.771. The van der Waals surface area contributed by atoms with Crippen LogP contribution in [0, 0.1) is 0 Å². The Kier molecular flexibility index (Phi) is 63.2. The second-order valence-electron chi connectivity index (χ2n) is 22.7. The van der Waals surface area contributed by atoms with E-state index in [2.05, 4.69) is 81.5 Å². The number of allylic oxidation sites excluding steroid dienone is 10. The number of unbranched alkanes of at least 4 members (excludes halogenated alkanes) is 41. The van der Waals surface area contributed by atoms with Crippen molar-refractivity contribution in [3.8, 4) is 0 Å². The normalized spacial score (nSPS) is 12.4. The van der Waals surface area contributed by atoms with E-state index in [0.29, 0.717) is 19.3 Å². The van der Waals surface area contributed by atoms with Crippen molar-refractivity contribution in [1.82, 2.24) is 0 Å². The Balaban J connectivity index is 4.07. The van der Waals surface area contributed by atoms with Gasteiger partial charge in [-0.1, -0.05) is 332 Å². The summed E-state index contributed by atoms with van der Waals surface area (Å²) in [6, 6.07) is 0. The van der Waals surface area contributed by atoms with E-state index in [1.54, 1.807) is 0 Å². The number of esters is 3. The lowest BCUT2D eigenvalue weighted by atomic mass is 10.0. The maximum atomic E-state index is 12.9. The summed E-state index contributed by atoms with van der Waals surface area (Å²) in [5.41, 5.74) is 0. The highest BCUT2D eigenvalue weighted by molar-refractivity contribution is 5.71.